The molecule has 20 heavy (non-hydrogen) atoms. The molecular formula is C15H24N4O. The number of aromatic nitrogens is 2. The standard InChI is InChI=1S/C15H24N4O/c1-10-5-4-8-15(9-10,20-2)14-17-12-7-3-6-11(12)13(18-14)19-16/h10H,3-9,16H2,1-2H3,(H,17,18,19). The van der Waals surface area contributed by atoms with E-state index in [0.717, 1.165) is 49.4 Å². The highest BCUT2D eigenvalue weighted by molar-refractivity contribution is 5.48. The van der Waals surface area contributed by atoms with Gasteiger partial charge in [0.2, 0.25) is 0 Å². The maximum atomic E-state index is 5.90. The van der Waals surface area contributed by atoms with Crippen molar-refractivity contribution >= 4 is 5.82 Å². The van der Waals surface area contributed by atoms with Gasteiger partial charge in [-0.15, -0.1) is 0 Å². The van der Waals surface area contributed by atoms with Gasteiger partial charge in [-0.3, -0.25) is 0 Å². The molecule has 0 aliphatic heterocycles. The first-order valence-electron chi connectivity index (χ1n) is 7.60. The summed E-state index contributed by atoms with van der Waals surface area (Å²) in [7, 11) is 1.78. The normalized spacial score (nSPS) is 29.2. The second kappa shape index (κ2) is 5.30. The Hall–Kier alpha value is -1.20. The third kappa shape index (κ3) is 2.19. The molecular weight excluding hydrogens is 252 g/mol. The van der Waals surface area contributed by atoms with Crippen molar-refractivity contribution in [3.8, 4) is 0 Å². The van der Waals surface area contributed by atoms with Crippen LogP contribution in [0, 0.1) is 5.92 Å². The molecule has 2 atom stereocenters. The number of nitrogens with one attached hydrogen (secondary N) is 1. The van der Waals surface area contributed by atoms with Gasteiger partial charge in [0.15, 0.2) is 5.82 Å². The molecule has 1 aromatic heterocycles. The van der Waals surface area contributed by atoms with Crippen molar-refractivity contribution in [3.05, 3.63) is 17.1 Å². The smallest absolute Gasteiger partial charge is 0.162 e. The predicted molar refractivity (Wildman–Crippen MR) is 78.2 cm³/mol. The molecule has 1 aromatic rings. The first-order valence-corrected chi connectivity index (χ1v) is 7.60. The minimum atomic E-state index is -0.332. The molecule has 3 N–H and O–H groups in total. The number of hydrogen-bond donors (Lipinski definition) is 2. The summed E-state index contributed by atoms with van der Waals surface area (Å²) in [5.74, 6) is 7.91. The number of anilines is 1. The monoisotopic (exact) mass is 276 g/mol. The lowest BCUT2D eigenvalue weighted by Gasteiger charge is -2.37. The molecule has 0 aromatic carbocycles. The number of aryl methyl sites for hydroxylation is 1. The second-order valence-corrected chi connectivity index (χ2v) is 6.22. The lowest BCUT2D eigenvalue weighted by molar-refractivity contribution is -0.0646. The van der Waals surface area contributed by atoms with E-state index in [1.54, 1.807) is 7.11 Å². The van der Waals surface area contributed by atoms with Crippen molar-refractivity contribution in [2.45, 2.75) is 57.5 Å². The first kappa shape index (κ1) is 13.8. The number of nitrogen functional groups attached to an aromatic ring is 1. The van der Waals surface area contributed by atoms with Crippen LogP contribution < -0.4 is 11.3 Å². The Morgan fingerprint density at radius 1 is 1.30 bits per heavy atom. The Labute approximate surface area is 120 Å². The van der Waals surface area contributed by atoms with Crippen LogP contribution in [0.2, 0.25) is 0 Å². The number of hydrazine groups is 1. The van der Waals surface area contributed by atoms with Crippen LogP contribution in [-0.2, 0) is 23.2 Å². The number of methoxy groups -OCH3 is 1. The van der Waals surface area contributed by atoms with Gasteiger partial charge in [0.05, 0.1) is 0 Å². The highest BCUT2D eigenvalue weighted by atomic mass is 16.5. The molecule has 0 radical (unpaired) electrons. The van der Waals surface area contributed by atoms with Gasteiger partial charge in [-0.05, 0) is 44.4 Å². The van der Waals surface area contributed by atoms with E-state index in [1.165, 1.54) is 18.4 Å². The van der Waals surface area contributed by atoms with Crippen molar-refractivity contribution in [2.24, 2.45) is 11.8 Å². The number of nitrogens with two attached hydrogens (primary N) is 1. The van der Waals surface area contributed by atoms with Gasteiger partial charge in [-0.2, -0.15) is 0 Å². The molecule has 2 unspecified atom stereocenters. The lowest BCUT2D eigenvalue weighted by Crippen LogP contribution is -2.36. The molecule has 0 amide bonds. The zero-order chi connectivity index (χ0) is 14.2. The Morgan fingerprint density at radius 2 is 2.15 bits per heavy atom. The molecule has 1 saturated carbocycles. The van der Waals surface area contributed by atoms with E-state index in [4.69, 9.17) is 20.5 Å². The van der Waals surface area contributed by atoms with Gasteiger partial charge in [-0.25, -0.2) is 15.8 Å². The summed E-state index contributed by atoms with van der Waals surface area (Å²) < 4.78 is 5.90. The molecule has 1 fully saturated rings. The number of rotatable bonds is 3. The molecule has 0 spiro atoms. The molecule has 0 bridgehead atoms. The van der Waals surface area contributed by atoms with Crippen LogP contribution in [-0.4, -0.2) is 17.1 Å². The Balaban J connectivity index is 2.04. The van der Waals surface area contributed by atoms with Crippen LogP contribution >= 0.6 is 0 Å². The van der Waals surface area contributed by atoms with E-state index >= 15 is 0 Å². The van der Waals surface area contributed by atoms with Gasteiger partial charge >= 0.3 is 0 Å². The van der Waals surface area contributed by atoms with Crippen LogP contribution in [0.3, 0.4) is 0 Å². The summed E-state index contributed by atoms with van der Waals surface area (Å²) in [4.78, 5) is 9.52. The highest BCUT2D eigenvalue weighted by Gasteiger charge is 2.40. The van der Waals surface area contributed by atoms with Crippen molar-refractivity contribution in [1.82, 2.24) is 9.97 Å². The van der Waals surface area contributed by atoms with E-state index in [9.17, 15) is 0 Å². The molecule has 2 aliphatic carbocycles. The summed E-state index contributed by atoms with van der Waals surface area (Å²) >= 11 is 0. The van der Waals surface area contributed by atoms with E-state index < -0.39 is 0 Å². The lowest BCUT2D eigenvalue weighted by atomic mass is 9.78. The second-order valence-electron chi connectivity index (χ2n) is 6.22. The van der Waals surface area contributed by atoms with Crippen molar-refractivity contribution in [2.75, 3.05) is 12.5 Å². The summed E-state index contributed by atoms with van der Waals surface area (Å²) in [5.41, 5.74) is 4.76. The third-order valence-corrected chi connectivity index (χ3v) is 4.82. The molecule has 5 nitrogen and oxygen atoms in total. The summed E-state index contributed by atoms with van der Waals surface area (Å²) in [6.07, 6.45) is 7.60. The average Bonchev–Trinajstić information content (AvgIpc) is 2.94. The summed E-state index contributed by atoms with van der Waals surface area (Å²) in [6, 6.07) is 0. The molecule has 110 valence electrons. The predicted octanol–water partition coefficient (Wildman–Crippen LogP) is 2.30. The van der Waals surface area contributed by atoms with E-state index in [2.05, 4.69) is 12.3 Å². The van der Waals surface area contributed by atoms with Crippen molar-refractivity contribution in [1.29, 1.82) is 0 Å². The zero-order valence-electron chi connectivity index (χ0n) is 12.4. The van der Waals surface area contributed by atoms with Gasteiger partial charge < -0.3 is 10.2 Å². The summed E-state index contributed by atoms with van der Waals surface area (Å²) in [5, 5.41) is 0. The van der Waals surface area contributed by atoms with Crippen LogP contribution in [0.4, 0.5) is 5.82 Å². The summed E-state index contributed by atoms with van der Waals surface area (Å²) in [6.45, 7) is 2.28. The first-order chi connectivity index (χ1) is 9.68. The van der Waals surface area contributed by atoms with Crippen molar-refractivity contribution < 1.29 is 4.74 Å². The number of ether oxygens (including phenoxy) is 1. The Bertz CT molecular complexity index is 505. The van der Waals surface area contributed by atoms with E-state index in [0.29, 0.717) is 5.92 Å². The van der Waals surface area contributed by atoms with Crippen LogP contribution in [0.5, 0.6) is 0 Å². The Morgan fingerprint density at radius 3 is 2.85 bits per heavy atom. The van der Waals surface area contributed by atoms with Crippen LogP contribution in [0.1, 0.15) is 56.1 Å². The third-order valence-electron chi connectivity index (χ3n) is 4.82. The van der Waals surface area contributed by atoms with Gasteiger partial charge in [0, 0.05) is 18.4 Å². The van der Waals surface area contributed by atoms with Crippen LogP contribution in [0.15, 0.2) is 0 Å². The Kier molecular flexibility index (Phi) is 3.65. The largest absolute Gasteiger partial charge is 0.370 e. The number of hydrogen-bond acceptors (Lipinski definition) is 5. The molecule has 2 aliphatic rings. The van der Waals surface area contributed by atoms with Gasteiger partial charge in [0.1, 0.15) is 11.4 Å². The SMILES string of the molecule is COC1(c2nc3c(c(NN)n2)CCC3)CCCC(C)C1. The quantitative estimate of drug-likeness (QED) is 0.654. The number of fused-ring (bicyclic) bond motifs is 1. The minimum Gasteiger partial charge on any atom is -0.370 e. The topological polar surface area (TPSA) is 73.1 Å². The van der Waals surface area contributed by atoms with E-state index in [-0.39, 0.29) is 5.60 Å². The number of nitrogens with zero attached hydrogens (tertiary/aromatic N) is 2. The van der Waals surface area contributed by atoms with Gasteiger partial charge in [-0.1, -0.05) is 13.3 Å². The van der Waals surface area contributed by atoms with E-state index in [1.807, 2.05) is 0 Å². The zero-order valence-corrected chi connectivity index (χ0v) is 12.4. The fraction of sp³-hybridized carbons (Fsp3) is 0.733. The fourth-order valence-corrected chi connectivity index (χ4v) is 3.74. The molecule has 1 heterocycles. The van der Waals surface area contributed by atoms with Gasteiger partial charge in [0.25, 0.3) is 0 Å². The highest BCUT2D eigenvalue weighted by Crippen LogP contribution is 2.42. The fourth-order valence-electron chi connectivity index (χ4n) is 3.74. The molecule has 5 heteroatoms. The minimum absolute atomic E-state index is 0.332. The average molecular weight is 276 g/mol. The maximum absolute atomic E-state index is 5.90. The maximum Gasteiger partial charge on any atom is 0.162 e. The van der Waals surface area contributed by atoms with Crippen molar-refractivity contribution in [3.63, 3.8) is 0 Å². The molecule has 0 saturated heterocycles. The van der Waals surface area contributed by atoms with Crippen LogP contribution in [0.25, 0.3) is 0 Å². The molecule has 3 rings (SSSR count).